The molecule has 4 aromatic heterocycles. The van der Waals surface area contributed by atoms with Crippen molar-refractivity contribution in [2.75, 3.05) is 39.3 Å². The molecule has 0 spiro atoms. The minimum absolute atomic E-state index is 0.112. The van der Waals surface area contributed by atoms with Crippen LogP contribution in [0, 0.1) is 0 Å². The molecule has 52 heavy (non-hydrogen) atoms. The zero-order valence-electron chi connectivity index (χ0n) is 29.3. The summed E-state index contributed by atoms with van der Waals surface area (Å²) in [7, 11) is 0. The maximum absolute atomic E-state index is 12.0. The highest BCUT2D eigenvalue weighted by atomic mass is 16.4. The van der Waals surface area contributed by atoms with Crippen LogP contribution in [0.15, 0.2) is 122 Å². The molecule has 0 saturated heterocycles. The van der Waals surface area contributed by atoms with Crippen LogP contribution in [-0.2, 0) is 48.9 Å². The van der Waals surface area contributed by atoms with Crippen LogP contribution in [0.4, 0.5) is 0 Å². The molecule has 0 radical (unpaired) electrons. The highest BCUT2D eigenvalue weighted by Crippen LogP contribution is 2.14. The van der Waals surface area contributed by atoms with E-state index in [0.29, 0.717) is 65.4 Å². The number of aromatic nitrogens is 4. The SMILES string of the molecule is O=C(O)CN(CCN(Cc1ccccn1)Cc1ccccn1)Cc1cccc(CN(CCN(Cc2ccccn2)Cc2ccccn2)CC(=O)O)c1. The summed E-state index contributed by atoms with van der Waals surface area (Å²) in [6.45, 7) is 5.32. The lowest BCUT2D eigenvalue weighted by Gasteiger charge is -2.27. The van der Waals surface area contributed by atoms with Crippen LogP contribution in [-0.4, -0.2) is 101 Å². The average Bonchev–Trinajstić information content (AvgIpc) is 3.14. The second-order valence-electron chi connectivity index (χ2n) is 12.7. The fourth-order valence-corrected chi connectivity index (χ4v) is 6.03. The van der Waals surface area contributed by atoms with Crippen LogP contribution in [0.5, 0.6) is 0 Å². The third-order valence-electron chi connectivity index (χ3n) is 8.43. The zero-order chi connectivity index (χ0) is 36.4. The van der Waals surface area contributed by atoms with E-state index < -0.39 is 11.9 Å². The summed E-state index contributed by atoms with van der Waals surface area (Å²) in [6, 6.07) is 31.3. The molecule has 0 bridgehead atoms. The van der Waals surface area contributed by atoms with Crippen LogP contribution in [0.3, 0.4) is 0 Å². The van der Waals surface area contributed by atoms with E-state index in [-0.39, 0.29) is 13.1 Å². The number of carboxylic acid groups (broad SMARTS) is 2. The van der Waals surface area contributed by atoms with Gasteiger partial charge >= 0.3 is 11.9 Å². The van der Waals surface area contributed by atoms with Gasteiger partial charge in [-0.25, -0.2) is 0 Å². The second-order valence-corrected chi connectivity index (χ2v) is 12.7. The van der Waals surface area contributed by atoms with Gasteiger partial charge in [0.2, 0.25) is 0 Å². The molecule has 0 amide bonds. The van der Waals surface area contributed by atoms with Crippen LogP contribution in [0.25, 0.3) is 0 Å². The lowest BCUT2D eigenvalue weighted by molar-refractivity contribution is -0.139. The van der Waals surface area contributed by atoms with Crippen LogP contribution < -0.4 is 0 Å². The molecule has 1 aromatic carbocycles. The first-order valence-electron chi connectivity index (χ1n) is 17.4. The Morgan fingerprint density at radius 1 is 0.423 bits per heavy atom. The van der Waals surface area contributed by atoms with Crippen molar-refractivity contribution < 1.29 is 19.8 Å². The van der Waals surface area contributed by atoms with Crippen molar-refractivity contribution in [1.82, 2.24) is 39.5 Å². The smallest absolute Gasteiger partial charge is 0.317 e. The standard InChI is InChI=1S/C40H46N8O4/c49-39(50)31-45(20-22-47(27-35-12-1-5-16-41-35)28-36-13-2-6-17-42-36)25-33-10-9-11-34(24-33)26-46(32-40(51)52)21-23-48(29-37-14-3-7-18-43-37)30-38-15-4-8-19-44-38/h1-19,24H,20-23,25-32H2,(H,49,50)(H,51,52). The number of carboxylic acids is 2. The van der Waals surface area contributed by atoms with Gasteiger partial charge in [0.05, 0.1) is 35.9 Å². The third kappa shape index (κ3) is 13.7. The molecular formula is C40H46N8O4. The van der Waals surface area contributed by atoms with Gasteiger partial charge in [0.25, 0.3) is 0 Å². The van der Waals surface area contributed by atoms with Gasteiger partial charge in [-0.3, -0.25) is 49.1 Å². The van der Waals surface area contributed by atoms with E-state index in [2.05, 4.69) is 29.7 Å². The predicted octanol–water partition coefficient (Wildman–Crippen LogP) is 4.44. The number of carbonyl (C=O) groups is 2. The van der Waals surface area contributed by atoms with E-state index in [1.165, 1.54) is 0 Å². The Hall–Kier alpha value is -5.40. The summed E-state index contributed by atoms with van der Waals surface area (Å²) < 4.78 is 0. The number of pyridine rings is 4. The lowest BCUT2D eigenvalue weighted by Crippen LogP contribution is -2.38. The van der Waals surface area contributed by atoms with E-state index in [1.807, 2.05) is 107 Å². The summed E-state index contributed by atoms with van der Waals surface area (Å²) in [5.74, 6) is -1.79. The zero-order valence-corrected chi connectivity index (χ0v) is 29.3. The number of nitrogens with zero attached hydrogens (tertiary/aromatic N) is 8. The molecule has 5 rings (SSSR count). The Bertz CT molecular complexity index is 1570. The van der Waals surface area contributed by atoms with E-state index in [9.17, 15) is 19.8 Å². The average molecular weight is 703 g/mol. The second kappa shape index (κ2) is 20.4. The highest BCUT2D eigenvalue weighted by Gasteiger charge is 2.17. The molecule has 270 valence electrons. The first kappa shape index (κ1) is 37.8. The first-order chi connectivity index (χ1) is 25.4. The molecule has 0 unspecified atom stereocenters. The number of hydrogen-bond donors (Lipinski definition) is 2. The summed E-state index contributed by atoms with van der Waals surface area (Å²) in [5.41, 5.74) is 5.64. The molecule has 12 heteroatoms. The van der Waals surface area contributed by atoms with Crippen molar-refractivity contribution in [1.29, 1.82) is 0 Å². The van der Waals surface area contributed by atoms with Gasteiger partial charge in [-0.1, -0.05) is 48.5 Å². The third-order valence-corrected chi connectivity index (χ3v) is 8.43. The fraction of sp³-hybridized carbons (Fsp3) is 0.300. The monoisotopic (exact) mass is 702 g/mol. The molecule has 0 aliphatic heterocycles. The Kier molecular flexibility index (Phi) is 14.9. The minimum atomic E-state index is -0.897. The van der Waals surface area contributed by atoms with Gasteiger partial charge in [-0.2, -0.15) is 0 Å². The van der Waals surface area contributed by atoms with Crippen LogP contribution >= 0.6 is 0 Å². The molecule has 0 saturated carbocycles. The molecular weight excluding hydrogens is 656 g/mol. The fourth-order valence-electron chi connectivity index (χ4n) is 6.03. The topological polar surface area (TPSA) is 139 Å². The number of benzene rings is 1. The number of hydrogen-bond acceptors (Lipinski definition) is 10. The van der Waals surface area contributed by atoms with Gasteiger partial charge < -0.3 is 10.2 Å². The largest absolute Gasteiger partial charge is 0.480 e. The highest BCUT2D eigenvalue weighted by molar-refractivity contribution is 5.69. The van der Waals surface area contributed by atoms with Gasteiger partial charge in [0.1, 0.15) is 0 Å². The van der Waals surface area contributed by atoms with E-state index >= 15 is 0 Å². The van der Waals surface area contributed by atoms with Crippen molar-refractivity contribution in [2.45, 2.75) is 39.3 Å². The normalized spacial score (nSPS) is 11.5. The van der Waals surface area contributed by atoms with E-state index in [1.54, 1.807) is 24.8 Å². The number of aliphatic carboxylic acids is 2. The quantitative estimate of drug-likeness (QED) is 0.105. The Morgan fingerprint density at radius 3 is 1.04 bits per heavy atom. The number of rotatable bonds is 22. The van der Waals surface area contributed by atoms with Crippen LogP contribution in [0.2, 0.25) is 0 Å². The van der Waals surface area contributed by atoms with Crippen molar-refractivity contribution in [2.24, 2.45) is 0 Å². The molecule has 0 atom stereocenters. The molecule has 12 nitrogen and oxygen atoms in total. The predicted molar refractivity (Wildman–Crippen MR) is 197 cm³/mol. The Labute approximate surface area is 305 Å². The van der Waals surface area contributed by atoms with Crippen molar-refractivity contribution in [3.05, 3.63) is 156 Å². The maximum Gasteiger partial charge on any atom is 0.317 e. The molecule has 2 N–H and O–H groups in total. The van der Waals surface area contributed by atoms with Gasteiger partial charge in [0, 0.05) is 90.2 Å². The van der Waals surface area contributed by atoms with Crippen molar-refractivity contribution >= 4 is 11.9 Å². The van der Waals surface area contributed by atoms with Gasteiger partial charge in [-0.05, 0) is 59.7 Å². The molecule has 0 aliphatic carbocycles. The molecule has 5 aromatic rings. The maximum atomic E-state index is 12.0. The Morgan fingerprint density at radius 2 is 0.750 bits per heavy atom. The molecule has 0 aliphatic rings. The van der Waals surface area contributed by atoms with Gasteiger partial charge in [-0.15, -0.1) is 0 Å². The molecule has 4 heterocycles. The minimum Gasteiger partial charge on any atom is -0.480 e. The summed E-state index contributed by atoms with van der Waals surface area (Å²) in [5, 5.41) is 19.6. The summed E-state index contributed by atoms with van der Waals surface area (Å²) in [4.78, 5) is 50.2. The molecule has 0 fully saturated rings. The van der Waals surface area contributed by atoms with E-state index in [0.717, 1.165) is 33.9 Å². The van der Waals surface area contributed by atoms with Crippen LogP contribution in [0.1, 0.15) is 33.9 Å². The van der Waals surface area contributed by atoms with Crippen molar-refractivity contribution in [3.63, 3.8) is 0 Å². The van der Waals surface area contributed by atoms with Gasteiger partial charge in [0.15, 0.2) is 0 Å². The van der Waals surface area contributed by atoms with Crippen molar-refractivity contribution in [3.8, 4) is 0 Å². The summed E-state index contributed by atoms with van der Waals surface area (Å²) in [6.07, 6.45) is 7.10. The van der Waals surface area contributed by atoms with E-state index in [4.69, 9.17) is 0 Å². The first-order valence-corrected chi connectivity index (χ1v) is 17.4. The summed E-state index contributed by atoms with van der Waals surface area (Å²) >= 11 is 0. The lowest BCUT2D eigenvalue weighted by atomic mass is 10.1. The Balaban J connectivity index is 1.24.